The van der Waals surface area contributed by atoms with Crippen molar-refractivity contribution in [3.05, 3.63) is 92.7 Å². The summed E-state index contributed by atoms with van der Waals surface area (Å²) in [5.74, 6) is 0.853. The van der Waals surface area contributed by atoms with Crippen molar-refractivity contribution in [3.63, 3.8) is 0 Å². The van der Waals surface area contributed by atoms with E-state index in [-0.39, 0.29) is 17.5 Å². The number of amides is 1. The van der Waals surface area contributed by atoms with Crippen molar-refractivity contribution in [1.82, 2.24) is 19.1 Å². The number of anilines is 1. The summed E-state index contributed by atoms with van der Waals surface area (Å²) in [7, 11) is 3.25. The number of carbonyl (C=O) groups excluding carboxylic acids is 1. The van der Waals surface area contributed by atoms with Gasteiger partial charge in [0.15, 0.2) is 0 Å². The molecule has 184 valence electrons. The molecule has 8 nitrogen and oxygen atoms in total. The fourth-order valence-corrected chi connectivity index (χ4v) is 4.96. The summed E-state index contributed by atoms with van der Waals surface area (Å²) in [5, 5.41) is 0.598. The molecule has 1 amide bonds. The third-order valence-electron chi connectivity index (χ3n) is 6.41. The molecule has 9 heteroatoms. The number of hydrogen-bond acceptors (Lipinski definition) is 5. The molecule has 0 spiro atoms. The van der Waals surface area contributed by atoms with Crippen molar-refractivity contribution in [2.75, 3.05) is 12.0 Å². The molecule has 5 rings (SSSR count). The van der Waals surface area contributed by atoms with Gasteiger partial charge in [0.25, 0.3) is 11.5 Å². The minimum Gasteiger partial charge on any atom is -0.480 e. The van der Waals surface area contributed by atoms with Crippen LogP contribution in [0.25, 0.3) is 11.4 Å². The van der Waals surface area contributed by atoms with Crippen LogP contribution in [0.15, 0.2) is 59.7 Å². The minimum atomic E-state index is -0.511. The van der Waals surface area contributed by atoms with Crippen molar-refractivity contribution in [3.8, 4) is 17.3 Å². The number of fused-ring (bicyclic) bond motifs is 1. The summed E-state index contributed by atoms with van der Waals surface area (Å²) < 4.78 is 8.94. The molecule has 1 aliphatic heterocycles. The number of nitrogens with zero attached hydrogens (tertiary/aromatic N) is 5. The number of rotatable bonds is 5. The summed E-state index contributed by atoms with van der Waals surface area (Å²) in [4.78, 5) is 37.7. The number of carbonyl (C=O) groups is 1. The van der Waals surface area contributed by atoms with Crippen LogP contribution in [-0.2, 0) is 7.05 Å². The first-order valence-electron chi connectivity index (χ1n) is 11.6. The average molecular weight is 504 g/mol. The van der Waals surface area contributed by atoms with E-state index in [1.807, 2.05) is 42.7 Å². The fraction of sp³-hybridized carbons (Fsp3) is 0.259. The molecule has 1 atom stereocenters. The molecule has 0 unspecified atom stereocenters. The summed E-state index contributed by atoms with van der Waals surface area (Å²) in [6.45, 7) is 5.77. The Morgan fingerprint density at radius 1 is 1.11 bits per heavy atom. The smallest absolute Gasteiger partial charge is 0.277 e. The van der Waals surface area contributed by atoms with Crippen molar-refractivity contribution in [2.45, 2.75) is 32.9 Å². The first kappa shape index (κ1) is 23.8. The zero-order valence-electron chi connectivity index (χ0n) is 20.7. The van der Waals surface area contributed by atoms with Gasteiger partial charge in [-0.15, -0.1) is 0 Å². The van der Waals surface area contributed by atoms with E-state index in [4.69, 9.17) is 21.3 Å². The summed E-state index contributed by atoms with van der Waals surface area (Å²) >= 11 is 6.18. The van der Waals surface area contributed by atoms with Crippen LogP contribution in [0.1, 0.15) is 53.2 Å². The van der Waals surface area contributed by atoms with Gasteiger partial charge < -0.3 is 13.9 Å². The first-order valence-corrected chi connectivity index (χ1v) is 12.0. The van der Waals surface area contributed by atoms with Crippen LogP contribution in [0.5, 0.6) is 5.88 Å². The molecule has 4 heterocycles. The van der Waals surface area contributed by atoms with Gasteiger partial charge in [0.2, 0.25) is 5.88 Å². The summed E-state index contributed by atoms with van der Waals surface area (Å²) in [5.41, 5.74) is 3.75. The van der Waals surface area contributed by atoms with Crippen molar-refractivity contribution in [2.24, 2.45) is 7.05 Å². The highest BCUT2D eigenvalue weighted by Crippen LogP contribution is 2.44. The van der Waals surface area contributed by atoms with Crippen molar-refractivity contribution in [1.29, 1.82) is 0 Å². The Morgan fingerprint density at radius 3 is 2.47 bits per heavy atom. The highest BCUT2D eigenvalue weighted by Gasteiger charge is 2.45. The van der Waals surface area contributed by atoms with Gasteiger partial charge in [-0.3, -0.25) is 14.5 Å². The third kappa shape index (κ3) is 3.69. The van der Waals surface area contributed by atoms with Gasteiger partial charge in [-0.2, -0.15) is 0 Å². The molecule has 1 aliphatic rings. The van der Waals surface area contributed by atoms with E-state index in [0.717, 1.165) is 5.56 Å². The molecule has 0 radical (unpaired) electrons. The van der Waals surface area contributed by atoms with Gasteiger partial charge in [-0.05, 0) is 56.7 Å². The van der Waals surface area contributed by atoms with E-state index < -0.39 is 6.04 Å². The Morgan fingerprint density at radius 2 is 1.83 bits per heavy atom. The Kier molecular flexibility index (Phi) is 5.92. The quantitative estimate of drug-likeness (QED) is 0.385. The van der Waals surface area contributed by atoms with Gasteiger partial charge >= 0.3 is 0 Å². The van der Waals surface area contributed by atoms with Crippen molar-refractivity contribution >= 4 is 23.2 Å². The van der Waals surface area contributed by atoms with Gasteiger partial charge in [-0.25, -0.2) is 9.97 Å². The number of benzene rings is 1. The van der Waals surface area contributed by atoms with Gasteiger partial charge in [0.05, 0.1) is 24.1 Å². The molecular weight excluding hydrogens is 478 g/mol. The van der Waals surface area contributed by atoms with E-state index in [1.165, 1.54) is 4.57 Å². The number of hydrogen-bond donors (Lipinski definition) is 0. The van der Waals surface area contributed by atoms with Crippen molar-refractivity contribution < 1.29 is 9.53 Å². The fourth-order valence-electron chi connectivity index (χ4n) is 4.83. The SMILES string of the molecule is COc1ncccc1-c1nc2c(n1C(C)C)C(=O)N(c1cc(C)c(=O)n(C)c1)[C@H]2c1ccc(Cl)cc1. The highest BCUT2D eigenvalue weighted by molar-refractivity contribution is 6.30. The Hall–Kier alpha value is -3.91. The summed E-state index contributed by atoms with van der Waals surface area (Å²) in [6.07, 6.45) is 3.34. The van der Waals surface area contributed by atoms with Gasteiger partial charge in [0.1, 0.15) is 17.6 Å². The summed E-state index contributed by atoms with van der Waals surface area (Å²) in [6, 6.07) is 12.3. The molecule has 3 aromatic heterocycles. The van der Waals surface area contributed by atoms with Crippen LogP contribution in [-0.4, -0.2) is 32.1 Å². The molecule has 0 aliphatic carbocycles. The lowest BCUT2D eigenvalue weighted by atomic mass is 10.0. The molecule has 0 fully saturated rings. The molecule has 0 saturated heterocycles. The second-order valence-electron chi connectivity index (χ2n) is 9.12. The van der Waals surface area contributed by atoms with Gasteiger partial charge in [-0.1, -0.05) is 23.7 Å². The maximum Gasteiger partial charge on any atom is 0.277 e. The van der Waals surface area contributed by atoms with Crippen LogP contribution < -0.4 is 15.2 Å². The third-order valence-corrected chi connectivity index (χ3v) is 6.66. The predicted molar refractivity (Wildman–Crippen MR) is 139 cm³/mol. The van der Waals surface area contributed by atoms with Crippen LogP contribution in [0, 0.1) is 6.92 Å². The second-order valence-corrected chi connectivity index (χ2v) is 9.56. The molecule has 0 bridgehead atoms. The number of imidazole rings is 1. The maximum absolute atomic E-state index is 14.2. The number of pyridine rings is 2. The standard InChI is InChI=1S/C27H26ClN5O3/c1-15(2)32-23-21(30-24(32)20-7-6-12-29-25(20)36-5)22(17-8-10-18(28)11-9-17)33(27(23)35)19-13-16(3)26(34)31(4)14-19/h6-15,22H,1-5H3/t22-/m0/s1. The Bertz CT molecular complexity index is 1510. The lowest BCUT2D eigenvalue weighted by molar-refractivity contribution is 0.0984. The van der Waals surface area contributed by atoms with Crippen LogP contribution in [0.4, 0.5) is 5.69 Å². The number of aromatic nitrogens is 4. The second kappa shape index (κ2) is 8.95. The van der Waals surface area contributed by atoms with E-state index in [9.17, 15) is 9.59 Å². The Balaban J connectivity index is 1.79. The number of ether oxygens (including phenoxy) is 1. The van der Waals surface area contributed by atoms with E-state index in [1.54, 1.807) is 56.6 Å². The molecule has 4 aromatic rings. The zero-order chi connectivity index (χ0) is 25.7. The number of methoxy groups -OCH3 is 1. The lowest BCUT2D eigenvalue weighted by Gasteiger charge is -2.27. The molecular formula is C27H26ClN5O3. The highest BCUT2D eigenvalue weighted by atomic mass is 35.5. The predicted octanol–water partition coefficient (Wildman–Crippen LogP) is 4.94. The zero-order valence-corrected chi connectivity index (χ0v) is 21.4. The van der Waals surface area contributed by atoms with Gasteiger partial charge in [0, 0.05) is 36.1 Å². The monoisotopic (exact) mass is 503 g/mol. The normalized spacial score (nSPS) is 15.0. The molecule has 0 N–H and O–H groups in total. The van der Waals surface area contributed by atoms with E-state index >= 15 is 0 Å². The van der Waals surface area contributed by atoms with Crippen LogP contribution >= 0.6 is 11.6 Å². The lowest BCUT2D eigenvalue weighted by Crippen LogP contribution is -2.32. The first-order chi connectivity index (χ1) is 17.2. The average Bonchev–Trinajstić information content (AvgIpc) is 3.38. The minimum absolute atomic E-state index is 0.0715. The van der Waals surface area contributed by atoms with Crippen LogP contribution in [0.3, 0.4) is 0 Å². The number of halogens is 1. The Labute approximate surface area is 213 Å². The topological polar surface area (TPSA) is 82.2 Å². The molecule has 36 heavy (non-hydrogen) atoms. The molecule has 1 aromatic carbocycles. The largest absolute Gasteiger partial charge is 0.480 e. The van der Waals surface area contributed by atoms with E-state index in [2.05, 4.69) is 4.98 Å². The number of aryl methyl sites for hydroxylation is 2. The maximum atomic E-state index is 14.2. The van der Waals surface area contributed by atoms with Crippen LogP contribution in [0.2, 0.25) is 5.02 Å². The van der Waals surface area contributed by atoms with E-state index in [0.29, 0.717) is 44.9 Å². The molecule has 0 saturated carbocycles.